The van der Waals surface area contributed by atoms with Gasteiger partial charge in [0.2, 0.25) is 0 Å². The monoisotopic (exact) mass is 521 g/mol. The van der Waals surface area contributed by atoms with Crippen molar-refractivity contribution in [2.75, 3.05) is 11.4 Å². The second kappa shape index (κ2) is 11.4. The molecular weight excluding hydrogens is 496 g/mol. The quantitative estimate of drug-likeness (QED) is 0.388. The molecule has 3 aliphatic rings. The predicted molar refractivity (Wildman–Crippen MR) is 140 cm³/mol. The summed E-state index contributed by atoms with van der Waals surface area (Å²) in [5, 5.41) is 20.1. The molecule has 9 nitrogen and oxygen atoms in total. The fourth-order valence-corrected chi connectivity index (χ4v) is 3.42. The molecule has 2 amide bonds. The van der Waals surface area contributed by atoms with E-state index in [2.05, 4.69) is 11.9 Å². The number of carbonyl (C=O) groups is 2. The minimum Gasteiger partial charge on any atom is -0.506 e. The van der Waals surface area contributed by atoms with Crippen molar-refractivity contribution in [1.82, 2.24) is 5.01 Å². The molecule has 0 atom stereocenters. The summed E-state index contributed by atoms with van der Waals surface area (Å²) in [7, 11) is 0. The summed E-state index contributed by atoms with van der Waals surface area (Å²) in [6.07, 6.45) is 7.63. The number of hydrogen-bond acceptors (Lipinski definition) is 7. The number of aryl methyl sites for hydroxylation is 2. The van der Waals surface area contributed by atoms with Crippen molar-refractivity contribution in [2.45, 2.75) is 20.3 Å². The molecule has 0 bridgehead atoms. The maximum Gasteiger partial charge on any atom is 0.281 e. The second-order valence-corrected chi connectivity index (χ2v) is 8.46. The molecule has 2 aromatic carbocycles. The van der Waals surface area contributed by atoms with Gasteiger partial charge in [0, 0.05) is 17.3 Å². The largest absolute Gasteiger partial charge is 0.506 e. The number of rotatable bonds is 3. The van der Waals surface area contributed by atoms with Gasteiger partial charge in [0.15, 0.2) is 5.82 Å². The molecule has 1 aliphatic carbocycles. The Morgan fingerprint density at radius 3 is 2.37 bits per heavy atom. The molecule has 0 unspecified atom stereocenters. The van der Waals surface area contributed by atoms with E-state index in [-0.39, 0.29) is 29.5 Å². The first-order valence-electron chi connectivity index (χ1n) is 11.3. The third-order valence-corrected chi connectivity index (χ3v) is 5.82. The topological polar surface area (TPSA) is 140 Å². The van der Waals surface area contributed by atoms with Crippen molar-refractivity contribution in [3.05, 3.63) is 111 Å². The van der Waals surface area contributed by atoms with E-state index in [1.165, 1.54) is 0 Å². The Morgan fingerprint density at radius 1 is 1.13 bits per heavy atom. The summed E-state index contributed by atoms with van der Waals surface area (Å²) in [5.74, 6) is -2.34. The van der Waals surface area contributed by atoms with Crippen LogP contribution in [0.2, 0.25) is 0 Å². The molecule has 2 heterocycles. The molecule has 196 valence electrons. The first-order valence-corrected chi connectivity index (χ1v) is 11.3. The molecule has 4 N–H and O–H groups in total. The van der Waals surface area contributed by atoms with Crippen molar-refractivity contribution in [3.63, 3.8) is 0 Å². The van der Waals surface area contributed by atoms with Crippen LogP contribution in [0.3, 0.4) is 0 Å². The van der Waals surface area contributed by atoms with Crippen LogP contribution in [0.1, 0.15) is 23.1 Å². The highest BCUT2D eigenvalue weighted by atomic mass is 19.1. The van der Waals surface area contributed by atoms with Crippen LogP contribution in [0.15, 0.2) is 83.5 Å². The Balaban J connectivity index is 0.000000195. The smallest absolute Gasteiger partial charge is 0.281 e. The lowest BCUT2D eigenvalue weighted by atomic mass is 10.1. The highest BCUT2D eigenvalue weighted by Gasteiger charge is 2.37. The molecular formula is C27H25F2N5O4. The fourth-order valence-electron chi connectivity index (χ4n) is 3.42. The van der Waals surface area contributed by atoms with Gasteiger partial charge in [-0.2, -0.15) is 5.01 Å². The fraction of sp³-hybridized carbons (Fsp3) is 0.148. The lowest BCUT2D eigenvalue weighted by Gasteiger charge is -2.18. The highest BCUT2D eigenvalue weighted by Crippen LogP contribution is 2.38. The van der Waals surface area contributed by atoms with Crippen LogP contribution in [0.5, 0.6) is 0 Å². The van der Waals surface area contributed by atoms with Gasteiger partial charge < -0.3 is 10.8 Å². The number of benzene rings is 2. The Labute approximate surface area is 217 Å². The zero-order chi connectivity index (χ0) is 28.1. The summed E-state index contributed by atoms with van der Waals surface area (Å²) in [6.45, 7) is 7.65. The van der Waals surface area contributed by atoms with Crippen LogP contribution in [0.4, 0.5) is 20.2 Å². The molecule has 1 saturated heterocycles. The Hall–Kier alpha value is -4.93. The van der Waals surface area contributed by atoms with Crippen LogP contribution >= 0.6 is 0 Å². The third kappa shape index (κ3) is 6.06. The number of allylic oxidation sites excluding steroid dienone is 5. The first-order chi connectivity index (χ1) is 18.0. The molecule has 0 spiro atoms. The summed E-state index contributed by atoms with van der Waals surface area (Å²) in [4.78, 5) is 32.3. The molecule has 5 rings (SSSR count). The number of nitrogens with zero attached hydrogens (tertiary/aromatic N) is 3. The van der Waals surface area contributed by atoms with Gasteiger partial charge in [-0.05, 0) is 67.3 Å². The van der Waals surface area contributed by atoms with Crippen molar-refractivity contribution in [1.29, 1.82) is 5.41 Å². The number of fused-ring (bicyclic) bond motifs is 1. The minimum atomic E-state index is -0.848. The predicted octanol–water partition coefficient (Wildman–Crippen LogP) is 4.92. The van der Waals surface area contributed by atoms with Crippen molar-refractivity contribution in [3.8, 4) is 0 Å². The number of nitrogens with two attached hydrogens (primary N) is 1. The standard InChI is InChI=1S/C16H12F2N2O.C9H11NO.C2H2N2O2/c1-8-3-4-11(5-9(8)2)20-15-12(14(19)16(20)21)6-10(17)7-13(15)18;1-2-7-3-5-8(10)9(11)6-4-7;5-2-1-4(2)3-6/h3-7,19H,1-2H3;2-3,5-6,11H,1,4,10H2;1H2. The van der Waals surface area contributed by atoms with Gasteiger partial charge in [-0.3, -0.25) is 19.9 Å². The van der Waals surface area contributed by atoms with Crippen LogP contribution in [-0.2, 0) is 9.59 Å². The number of halogens is 2. The van der Waals surface area contributed by atoms with E-state index in [0.717, 1.165) is 38.7 Å². The van der Waals surface area contributed by atoms with Gasteiger partial charge in [0.05, 0.1) is 16.7 Å². The van der Waals surface area contributed by atoms with Crippen molar-refractivity contribution in [2.24, 2.45) is 11.0 Å². The van der Waals surface area contributed by atoms with E-state index in [1.807, 2.05) is 26.0 Å². The molecule has 11 heteroatoms. The summed E-state index contributed by atoms with van der Waals surface area (Å²) in [5.41, 5.74) is 8.90. The Kier molecular flexibility index (Phi) is 8.31. The van der Waals surface area contributed by atoms with Crippen LogP contribution < -0.4 is 10.6 Å². The molecule has 38 heavy (non-hydrogen) atoms. The SMILES string of the molecule is C=CC1=CC=C(N)C(O)=CC1.Cc1ccc(N2C(=O)C(=N)c3cc(F)cc(F)c32)cc1C.O=NN1CC1=O. The molecule has 0 saturated carbocycles. The van der Waals surface area contributed by atoms with E-state index in [1.54, 1.807) is 30.4 Å². The summed E-state index contributed by atoms with van der Waals surface area (Å²) in [6, 6.07) is 6.99. The number of nitrogens with one attached hydrogen (secondary N) is 1. The lowest BCUT2D eigenvalue weighted by Crippen LogP contribution is -2.25. The van der Waals surface area contributed by atoms with Gasteiger partial charge in [-0.1, -0.05) is 24.8 Å². The van der Waals surface area contributed by atoms with Gasteiger partial charge in [0.1, 0.15) is 23.8 Å². The van der Waals surface area contributed by atoms with Crippen molar-refractivity contribution >= 4 is 28.9 Å². The summed E-state index contributed by atoms with van der Waals surface area (Å²) >= 11 is 0. The number of carbonyl (C=O) groups excluding carboxylic acids is 2. The molecule has 2 aromatic rings. The zero-order valence-electron chi connectivity index (χ0n) is 20.7. The highest BCUT2D eigenvalue weighted by molar-refractivity contribution is 6.54. The van der Waals surface area contributed by atoms with Crippen LogP contribution in [0.25, 0.3) is 0 Å². The summed E-state index contributed by atoms with van der Waals surface area (Å²) < 4.78 is 27.4. The molecule has 2 aliphatic heterocycles. The van der Waals surface area contributed by atoms with E-state index < -0.39 is 23.3 Å². The van der Waals surface area contributed by atoms with Gasteiger partial charge in [-0.15, -0.1) is 4.91 Å². The van der Waals surface area contributed by atoms with Crippen LogP contribution in [0, 0.1) is 35.8 Å². The third-order valence-electron chi connectivity index (χ3n) is 5.82. The number of hydrogen-bond donors (Lipinski definition) is 3. The Bertz CT molecular complexity index is 1450. The van der Waals surface area contributed by atoms with E-state index in [9.17, 15) is 28.4 Å². The average molecular weight is 522 g/mol. The maximum atomic E-state index is 14.1. The minimum absolute atomic E-state index is 0.0178. The number of amides is 2. The average Bonchev–Trinajstić information content (AvgIpc) is 3.59. The number of nitroso groups, excluding NO2 is 1. The second-order valence-electron chi connectivity index (χ2n) is 8.46. The van der Waals surface area contributed by atoms with Crippen LogP contribution in [-0.4, -0.2) is 34.2 Å². The van der Waals surface area contributed by atoms with E-state index >= 15 is 0 Å². The van der Waals surface area contributed by atoms with Crippen molar-refractivity contribution < 1.29 is 23.5 Å². The lowest BCUT2D eigenvalue weighted by molar-refractivity contribution is -0.113. The molecule has 0 aromatic heterocycles. The molecule has 1 fully saturated rings. The van der Waals surface area contributed by atoms with E-state index in [4.69, 9.17) is 11.1 Å². The van der Waals surface area contributed by atoms with Gasteiger partial charge >= 0.3 is 0 Å². The normalized spacial score (nSPS) is 15.6. The number of aliphatic hydroxyl groups excluding tert-OH is 1. The first kappa shape index (κ1) is 27.7. The number of anilines is 2. The van der Waals surface area contributed by atoms with Gasteiger partial charge in [0.25, 0.3) is 11.8 Å². The Morgan fingerprint density at radius 2 is 1.82 bits per heavy atom. The number of aliphatic hydroxyl groups is 1. The zero-order valence-corrected chi connectivity index (χ0v) is 20.7. The van der Waals surface area contributed by atoms with E-state index in [0.29, 0.717) is 17.8 Å². The van der Waals surface area contributed by atoms with Gasteiger partial charge in [-0.25, -0.2) is 8.78 Å². The molecule has 0 radical (unpaired) electrons. The maximum absolute atomic E-state index is 14.1.